The van der Waals surface area contributed by atoms with Gasteiger partial charge in [-0.05, 0) is 78.3 Å². The molecule has 3 aromatic rings. The Morgan fingerprint density at radius 1 is 0.758 bits per heavy atom. The number of benzene rings is 3. The van der Waals surface area contributed by atoms with Crippen LogP contribution >= 0.6 is 23.5 Å². The van der Waals surface area contributed by atoms with Gasteiger partial charge in [0.2, 0.25) is 0 Å². The second kappa shape index (κ2) is 10.9. The molecule has 0 N–H and O–H groups in total. The maximum Gasteiger partial charge on any atom is 0.118 e. The van der Waals surface area contributed by atoms with Gasteiger partial charge < -0.3 is 9.47 Å². The van der Waals surface area contributed by atoms with Crippen molar-refractivity contribution >= 4 is 23.5 Å². The molecular formula is C29H34O2S2. The molecule has 4 rings (SSSR count). The molecule has 0 bridgehead atoms. The smallest absolute Gasteiger partial charge is 0.118 e. The minimum absolute atomic E-state index is 0.197. The van der Waals surface area contributed by atoms with E-state index in [1.807, 2.05) is 23.5 Å². The van der Waals surface area contributed by atoms with Gasteiger partial charge in [0, 0.05) is 20.3 Å². The van der Waals surface area contributed by atoms with Crippen LogP contribution in [0, 0.1) is 11.3 Å². The van der Waals surface area contributed by atoms with Crippen molar-refractivity contribution in [2.45, 2.75) is 53.4 Å². The molecule has 3 atom stereocenters. The maximum absolute atomic E-state index is 5.37. The highest BCUT2D eigenvalue weighted by Gasteiger charge is 2.45. The first-order valence-corrected chi connectivity index (χ1v) is 13.4. The third kappa shape index (κ3) is 5.73. The lowest BCUT2D eigenvalue weighted by molar-refractivity contribution is 0.144. The Morgan fingerprint density at radius 2 is 1.33 bits per heavy atom. The van der Waals surface area contributed by atoms with Crippen LogP contribution in [0.1, 0.15) is 43.9 Å². The first-order chi connectivity index (χ1) is 16.0. The molecule has 1 aliphatic rings. The molecule has 174 valence electrons. The molecule has 1 unspecified atom stereocenters. The summed E-state index contributed by atoms with van der Waals surface area (Å²) in [6.45, 7) is 4.98. The lowest BCUT2D eigenvalue weighted by Gasteiger charge is -2.48. The number of hydrogen-bond donors (Lipinski definition) is 0. The molecule has 0 amide bonds. The molecule has 1 aliphatic carbocycles. The van der Waals surface area contributed by atoms with E-state index in [1.54, 1.807) is 14.2 Å². The average molecular weight is 479 g/mol. The summed E-state index contributed by atoms with van der Waals surface area (Å²) >= 11 is 4.04. The first kappa shape index (κ1) is 24.1. The normalized spacial score (nSPS) is 20.7. The van der Waals surface area contributed by atoms with E-state index in [0.717, 1.165) is 11.5 Å². The molecule has 33 heavy (non-hydrogen) atoms. The largest absolute Gasteiger partial charge is 0.497 e. The molecule has 0 heterocycles. The van der Waals surface area contributed by atoms with Crippen LogP contribution in [0.4, 0.5) is 0 Å². The zero-order chi connectivity index (χ0) is 23.3. The predicted octanol–water partition coefficient (Wildman–Crippen LogP) is 8.52. The molecular weight excluding hydrogens is 444 g/mol. The molecule has 2 nitrogen and oxygen atoms in total. The van der Waals surface area contributed by atoms with Crippen LogP contribution in [-0.2, 0) is 0 Å². The van der Waals surface area contributed by atoms with Gasteiger partial charge in [0.15, 0.2) is 0 Å². The van der Waals surface area contributed by atoms with E-state index < -0.39 is 0 Å². The monoisotopic (exact) mass is 478 g/mol. The summed E-state index contributed by atoms with van der Waals surface area (Å²) in [6.07, 6.45) is 3.79. The summed E-state index contributed by atoms with van der Waals surface area (Å²) in [4.78, 5) is 2.62. The number of methoxy groups -OCH3 is 2. The highest BCUT2D eigenvalue weighted by atomic mass is 32.2. The quantitative estimate of drug-likeness (QED) is 0.302. The Hall–Kier alpha value is -2.04. The van der Waals surface area contributed by atoms with Crippen LogP contribution in [0.25, 0.3) is 0 Å². The van der Waals surface area contributed by atoms with E-state index >= 15 is 0 Å². The van der Waals surface area contributed by atoms with E-state index in [2.05, 4.69) is 92.7 Å². The Balaban J connectivity index is 1.60. The lowest BCUT2D eigenvalue weighted by Crippen LogP contribution is -2.40. The highest BCUT2D eigenvalue weighted by Crippen LogP contribution is 2.57. The van der Waals surface area contributed by atoms with Gasteiger partial charge >= 0.3 is 0 Å². The maximum atomic E-state index is 5.37. The van der Waals surface area contributed by atoms with Crippen LogP contribution in [0.2, 0.25) is 0 Å². The highest BCUT2D eigenvalue weighted by molar-refractivity contribution is 8.00. The van der Waals surface area contributed by atoms with Gasteiger partial charge in [-0.1, -0.05) is 50.6 Å². The van der Waals surface area contributed by atoms with Crippen molar-refractivity contribution in [3.05, 3.63) is 84.4 Å². The van der Waals surface area contributed by atoms with Crippen molar-refractivity contribution in [3.63, 3.8) is 0 Å². The van der Waals surface area contributed by atoms with Crippen molar-refractivity contribution in [1.29, 1.82) is 0 Å². The molecule has 4 heteroatoms. The number of hydrogen-bond acceptors (Lipinski definition) is 4. The van der Waals surface area contributed by atoms with E-state index in [9.17, 15) is 0 Å². The van der Waals surface area contributed by atoms with Crippen LogP contribution < -0.4 is 9.47 Å². The van der Waals surface area contributed by atoms with Crippen molar-refractivity contribution in [2.24, 2.45) is 11.3 Å². The minimum Gasteiger partial charge on any atom is -0.497 e. The van der Waals surface area contributed by atoms with Gasteiger partial charge in [-0.3, -0.25) is 0 Å². The second-order valence-corrected chi connectivity index (χ2v) is 11.8. The topological polar surface area (TPSA) is 18.5 Å². The summed E-state index contributed by atoms with van der Waals surface area (Å²) in [7, 11) is 3.45. The molecule has 0 radical (unpaired) electrons. The zero-order valence-electron chi connectivity index (χ0n) is 20.0. The zero-order valence-corrected chi connectivity index (χ0v) is 21.6. The fourth-order valence-electron chi connectivity index (χ4n) is 4.90. The second-order valence-electron chi connectivity index (χ2n) is 9.27. The van der Waals surface area contributed by atoms with Gasteiger partial charge in [-0.2, -0.15) is 0 Å². The molecule has 0 aliphatic heterocycles. The molecule has 1 fully saturated rings. The summed E-state index contributed by atoms with van der Waals surface area (Å²) in [6, 6.07) is 28.1. The number of thioether (sulfide) groups is 2. The minimum atomic E-state index is 0.197. The van der Waals surface area contributed by atoms with Crippen molar-refractivity contribution in [3.8, 4) is 11.5 Å². The summed E-state index contributed by atoms with van der Waals surface area (Å²) in [5.74, 6) is 2.40. The SMILES string of the molecule is COc1ccc(SC(c2ccccc2)[C@H]2CCC[C@@H](Sc3ccc(OC)cc3)C2(C)C)cc1. The first-order valence-electron chi connectivity index (χ1n) is 11.7. The van der Waals surface area contributed by atoms with Gasteiger partial charge in [-0.25, -0.2) is 0 Å². The number of rotatable bonds is 8. The Bertz CT molecular complexity index is 1000. The Morgan fingerprint density at radius 3 is 1.91 bits per heavy atom. The van der Waals surface area contributed by atoms with Crippen molar-refractivity contribution < 1.29 is 9.47 Å². The van der Waals surface area contributed by atoms with Gasteiger partial charge in [-0.15, -0.1) is 23.5 Å². The van der Waals surface area contributed by atoms with Crippen LogP contribution in [0.5, 0.6) is 11.5 Å². The van der Waals surface area contributed by atoms with Crippen LogP contribution in [-0.4, -0.2) is 19.5 Å². The fourth-order valence-corrected chi connectivity index (χ4v) is 7.82. The molecule has 0 saturated heterocycles. The molecule has 0 aromatic heterocycles. The summed E-state index contributed by atoms with van der Waals surface area (Å²) in [5, 5.41) is 0.987. The standard InChI is InChI=1S/C29H34O2S2/c1-29(2)26(11-8-12-27(29)32-24-17-13-22(30-3)14-18-24)28(21-9-6-5-7-10-21)33-25-19-15-23(31-4)16-20-25/h5-7,9-10,13-20,26-28H,8,11-12H2,1-4H3/t26-,27-,28?/m1/s1. The molecule has 0 spiro atoms. The summed E-state index contributed by atoms with van der Waals surface area (Å²) < 4.78 is 10.7. The fraction of sp³-hybridized carbons (Fsp3) is 0.379. The van der Waals surface area contributed by atoms with Gasteiger partial charge in [0.25, 0.3) is 0 Å². The third-order valence-electron chi connectivity index (χ3n) is 6.92. The van der Waals surface area contributed by atoms with E-state index in [4.69, 9.17) is 9.47 Å². The lowest BCUT2D eigenvalue weighted by atomic mass is 9.66. The van der Waals surface area contributed by atoms with Gasteiger partial charge in [0.1, 0.15) is 11.5 Å². The predicted molar refractivity (Wildman–Crippen MR) is 142 cm³/mol. The summed E-state index contributed by atoms with van der Waals surface area (Å²) in [5.41, 5.74) is 1.62. The Kier molecular flexibility index (Phi) is 7.98. The van der Waals surface area contributed by atoms with Crippen LogP contribution in [0.15, 0.2) is 88.7 Å². The Labute approximate surface area is 207 Å². The molecule has 3 aromatic carbocycles. The van der Waals surface area contributed by atoms with Crippen LogP contribution in [0.3, 0.4) is 0 Å². The van der Waals surface area contributed by atoms with E-state index in [-0.39, 0.29) is 5.41 Å². The van der Waals surface area contributed by atoms with E-state index in [0.29, 0.717) is 16.4 Å². The third-order valence-corrected chi connectivity index (χ3v) is 9.99. The average Bonchev–Trinajstić information content (AvgIpc) is 2.85. The molecule has 1 saturated carbocycles. The van der Waals surface area contributed by atoms with Gasteiger partial charge in [0.05, 0.1) is 14.2 Å². The van der Waals surface area contributed by atoms with E-state index in [1.165, 1.54) is 34.6 Å². The number of ether oxygens (including phenoxy) is 2. The van der Waals surface area contributed by atoms with Crippen molar-refractivity contribution in [2.75, 3.05) is 14.2 Å². The van der Waals surface area contributed by atoms with Crippen molar-refractivity contribution in [1.82, 2.24) is 0 Å².